The minimum Gasteiger partial charge on any atom is -0.490 e. The standard InChI is InChI=1S/C26H34O8S/c1-4-6-15-32-24-18-21(19-25(31-3)26(27)28)10-13-23(24)33-16-14-20-8-11-22(12-9-20)34-35(29,30)17-7-5-2/h8-13,18-19H,4-7,14-17H2,1-3H3,(H,27,28). The normalized spacial score (nSPS) is 11.7. The molecular weight excluding hydrogens is 472 g/mol. The number of carboxylic acids is 1. The number of ether oxygens (including phenoxy) is 3. The third-order valence-electron chi connectivity index (χ3n) is 4.99. The van der Waals surface area contributed by atoms with Crippen LogP contribution in [0.15, 0.2) is 48.2 Å². The molecule has 0 radical (unpaired) electrons. The second-order valence-electron chi connectivity index (χ2n) is 7.87. The summed E-state index contributed by atoms with van der Waals surface area (Å²) in [5.74, 6) is 0.0285. The van der Waals surface area contributed by atoms with Gasteiger partial charge >= 0.3 is 16.1 Å². The molecule has 0 saturated heterocycles. The average molecular weight is 507 g/mol. The maximum atomic E-state index is 11.9. The number of carboxylic acid groups (broad SMARTS) is 1. The first kappa shape index (κ1) is 28.0. The summed E-state index contributed by atoms with van der Waals surface area (Å²) in [5.41, 5.74) is 1.58. The van der Waals surface area contributed by atoms with E-state index in [2.05, 4.69) is 6.92 Å². The number of hydrogen-bond acceptors (Lipinski definition) is 7. The number of unbranched alkanes of at least 4 members (excludes halogenated alkanes) is 2. The Kier molecular flexibility index (Phi) is 11.4. The number of aliphatic carboxylic acids is 1. The van der Waals surface area contributed by atoms with E-state index in [4.69, 9.17) is 18.4 Å². The first-order valence-electron chi connectivity index (χ1n) is 11.7. The van der Waals surface area contributed by atoms with Gasteiger partial charge in [0.05, 0.1) is 26.1 Å². The average Bonchev–Trinajstić information content (AvgIpc) is 2.83. The molecule has 2 rings (SSSR count). The van der Waals surface area contributed by atoms with Gasteiger partial charge in [0, 0.05) is 6.42 Å². The molecule has 0 unspecified atom stereocenters. The van der Waals surface area contributed by atoms with Gasteiger partial charge < -0.3 is 23.5 Å². The fourth-order valence-corrected chi connectivity index (χ4v) is 4.16. The van der Waals surface area contributed by atoms with Crippen LogP contribution in [0.3, 0.4) is 0 Å². The number of benzene rings is 2. The second-order valence-corrected chi connectivity index (χ2v) is 9.56. The zero-order chi connectivity index (χ0) is 25.7. The first-order chi connectivity index (χ1) is 16.8. The molecule has 0 heterocycles. The van der Waals surface area contributed by atoms with Crippen LogP contribution in [0.1, 0.15) is 50.7 Å². The van der Waals surface area contributed by atoms with E-state index in [1.807, 2.05) is 6.92 Å². The largest absolute Gasteiger partial charge is 0.490 e. The van der Waals surface area contributed by atoms with Crippen LogP contribution in [0.5, 0.6) is 17.2 Å². The predicted molar refractivity (Wildman–Crippen MR) is 134 cm³/mol. The van der Waals surface area contributed by atoms with E-state index in [0.717, 1.165) is 24.8 Å². The van der Waals surface area contributed by atoms with Crippen LogP contribution in [0.4, 0.5) is 0 Å². The second kappa shape index (κ2) is 14.3. The third-order valence-corrected chi connectivity index (χ3v) is 6.23. The van der Waals surface area contributed by atoms with Crippen molar-refractivity contribution in [2.75, 3.05) is 26.1 Å². The Morgan fingerprint density at radius 1 is 0.943 bits per heavy atom. The summed E-state index contributed by atoms with van der Waals surface area (Å²) in [6.07, 6.45) is 5.20. The van der Waals surface area contributed by atoms with Crippen LogP contribution in [-0.4, -0.2) is 45.6 Å². The van der Waals surface area contributed by atoms with Gasteiger partial charge in [0.1, 0.15) is 5.75 Å². The van der Waals surface area contributed by atoms with Gasteiger partial charge in [-0.25, -0.2) is 4.79 Å². The van der Waals surface area contributed by atoms with Crippen LogP contribution >= 0.6 is 0 Å². The summed E-state index contributed by atoms with van der Waals surface area (Å²) in [5, 5.41) is 9.18. The molecule has 0 atom stereocenters. The molecule has 0 aliphatic carbocycles. The van der Waals surface area contributed by atoms with Gasteiger partial charge in [0.25, 0.3) is 0 Å². The summed E-state index contributed by atoms with van der Waals surface area (Å²) >= 11 is 0. The highest BCUT2D eigenvalue weighted by atomic mass is 32.2. The molecule has 35 heavy (non-hydrogen) atoms. The van der Waals surface area contributed by atoms with Crippen molar-refractivity contribution >= 4 is 22.2 Å². The van der Waals surface area contributed by atoms with Crippen molar-refractivity contribution in [2.45, 2.75) is 46.0 Å². The lowest BCUT2D eigenvalue weighted by atomic mass is 10.1. The Labute approximate surface area is 207 Å². The molecule has 9 heteroatoms. The Bertz CT molecular complexity index is 1080. The summed E-state index contributed by atoms with van der Waals surface area (Å²) in [6.45, 7) is 4.87. The van der Waals surface area contributed by atoms with Crippen LogP contribution in [0.25, 0.3) is 6.08 Å². The van der Waals surface area contributed by atoms with Gasteiger partial charge in [0.15, 0.2) is 11.5 Å². The molecular formula is C26H34O8S. The van der Waals surface area contributed by atoms with E-state index in [9.17, 15) is 18.3 Å². The summed E-state index contributed by atoms with van der Waals surface area (Å²) in [4.78, 5) is 11.2. The van der Waals surface area contributed by atoms with E-state index in [-0.39, 0.29) is 17.3 Å². The molecule has 8 nitrogen and oxygen atoms in total. The topological polar surface area (TPSA) is 108 Å². The molecule has 0 saturated carbocycles. The fraction of sp³-hybridized carbons (Fsp3) is 0.423. The smallest absolute Gasteiger partial charge is 0.371 e. The lowest BCUT2D eigenvalue weighted by Crippen LogP contribution is -2.13. The number of methoxy groups -OCH3 is 1. The van der Waals surface area contributed by atoms with Gasteiger partial charge in [0.2, 0.25) is 5.76 Å². The van der Waals surface area contributed by atoms with E-state index in [0.29, 0.717) is 43.1 Å². The van der Waals surface area contributed by atoms with E-state index < -0.39 is 16.1 Å². The molecule has 0 fully saturated rings. The van der Waals surface area contributed by atoms with Gasteiger partial charge in [-0.1, -0.05) is 44.9 Å². The van der Waals surface area contributed by atoms with Crippen molar-refractivity contribution in [3.63, 3.8) is 0 Å². The monoisotopic (exact) mass is 506 g/mol. The maximum absolute atomic E-state index is 11.9. The zero-order valence-electron chi connectivity index (χ0n) is 20.5. The summed E-state index contributed by atoms with van der Waals surface area (Å²) < 4.78 is 45.7. The van der Waals surface area contributed by atoms with Crippen LogP contribution in [-0.2, 0) is 26.1 Å². The number of rotatable bonds is 16. The SMILES string of the molecule is CCCCOc1cc(C=C(OC)C(=O)O)ccc1OCCc1ccc(OS(=O)(=O)CCCC)cc1. The molecule has 0 aromatic heterocycles. The van der Waals surface area contributed by atoms with E-state index >= 15 is 0 Å². The Morgan fingerprint density at radius 2 is 1.63 bits per heavy atom. The van der Waals surface area contributed by atoms with Crippen molar-refractivity contribution < 1.29 is 36.7 Å². The van der Waals surface area contributed by atoms with Crippen molar-refractivity contribution in [1.82, 2.24) is 0 Å². The summed E-state index contributed by atoms with van der Waals surface area (Å²) in [7, 11) is -2.27. The molecule has 2 aromatic carbocycles. The van der Waals surface area contributed by atoms with Crippen molar-refractivity contribution in [3.05, 3.63) is 59.4 Å². The Balaban J connectivity index is 2.03. The lowest BCUT2D eigenvalue weighted by molar-refractivity contribution is -0.135. The Hall–Kier alpha value is -3.20. The number of carbonyl (C=O) groups is 1. The fourth-order valence-electron chi connectivity index (χ4n) is 3.03. The van der Waals surface area contributed by atoms with Gasteiger partial charge in [-0.15, -0.1) is 0 Å². The minimum atomic E-state index is -3.58. The minimum absolute atomic E-state index is 0.000574. The van der Waals surface area contributed by atoms with Gasteiger partial charge in [-0.05, 0) is 54.3 Å². The molecule has 0 spiro atoms. The molecule has 0 aliphatic rings. The highest BCUT2D eigenvalue weighted by Gasteiger charge is 2.13. The van der Waals surface area contributed by atoms with Crippen molar-refractivity contribution in [2.24, 2.45) is 0 Å². The molecule has 2 aromatic rings. The lowest BCUT2D eigenvalue weighted by Gasteiger charge is -2.14. The molecule has 0 aliphatic heterocycles. The zero-order valence-corrected chi connectivity index (χ0v) is 21.3. The number of hydrogen-bond donors (Lipinski definition) is 1. The van der Waals surface area contributed by atoms with E-state index in [1.54, 1.807) is 42.5 Å². The molecule has 0 bridgehead atoms. The summed E-state index contributed by atoms with van der Waals surface area (Å²) in [6, 6.07) is 12.1. The Morgan fingerprint density at radius 3 is 2.26 bits per heavy atom. The van der Waals surface area contributed by atoms with E-state index in [1.165, 1.54) is 13.2 Å². The quantitative estimate of drug-likeness (QED) is 0.146. The van der Waals surface area contributed by atoms with Crippen molar-refractivity contribution in [3.8, 4) is 17.2 Å². The predicted octanol–water partition coefficient (Wildman–Crippen LogP) is 5.07. The highest BCUT2D eigenvalue weighted by molar-refractivity contribution is 7.87. The molecule has 0 amide bonds. The maximum Gasteiger partial charge on any atom is 0.371 e. The van der Waals surface area contributed by atoms with Gasteiger partial charge in [-0.3, -0.25) is 0 Å². The molecule has 192 valence electrons. The van der Waals surface area contributed by atoms with Crippen LogP contribution in [0, 0.1) is 0 Å². The van der Waals surface area contributed by atoms with Crippen LogP contribution in [0.2, 0.25) is 0 Å². The third kappa shape index (κ3) is 9.90. The highest BCUT2D eigenvalue weighted by Crippen LogP contribution is 2.30. The first-order valence-corrected chi connectivity index (χ1v) is 13.3. The van der Waals surface area contributed by atoms with Crippen molar-refractivity contribution in [1.29, 1.82) is 0 Å². The van der Waals surface area contributed by atoms with Crippen LogP contribution < -0.4 is 13.7 Å². The molecule has 1 N–H and O–H groups in total. The van der Waals surface area contributed by atoms with Gasteiger partial charge in [-0.2, -0.15) is 8.42 Å².